The summed E-state index contributed by atoms with van der Waals surface area (Å²) >= 11 is 0. The number of rotatable bonds is 3. The van der Waals surface area contributed by atoms with Crippen LogP contribution in [0.1, 0.15) is 12.8 Å². The third kappa shape index (κ3) is 2.38. The molecule has 98 valence electrons. The Morgan fingerprint density at radius 1 is 1.11 bits per heavy atom. The van der Waals surface area contributed by atoms with Gasteiger partial charge in [-0.2, -0.15) is 0 Å². The van der Waals surface area contributed by atoms with E-state index in [4.69, 9.17) is 10.5 Å². The summed E-state index contributed by atoms with van der Waals surface area (Å²) in [4.78, 5) is 4.94. The fourth-order valence-electron chi connectivity index (χ4n) is 2.79. The molecule has 0 aromatic heterocycles. The normalized spacial score (nSPS) is 19.7. The molecule has 1 saturated heterocycles. The van der Waals surface area contributed by atoms with Gasteiger partial charge < -0.3 is 20.3 Å². The first kappa shape index (κ1) is 11.7. The Bertz CT molecular complexity index is 416. The Balaban J connectivity index is 1.68. The molecular weight excluding hydrogens is 226 g/mol. The number of anilines is 2. The molecule has 0 aliphatic carbocycles. The second-order valence-electron chi connectivity index (χ2n) is 5.11. The largest absolute Gasteiger partial charge is 0.490 e. The zero-order chi connectivity index (χ0) is 12.4. The smallest absolute Gasteiger partial charge is 0.142 e. The van der Waals surface area contributed by atoms with Crippen LogP contribution < -0.4 is 15.4 Å². The fourth-order valence-corrected chi connectivity index (χ4v) is 2.79. The Hall–Kier alpha value is -1.42. The minimum Gasteiger partial charge on any atom is -0.490 e. The summed E-state index contributed by atoms with van der Waals surface area (Å²) in [5, 5.41) is 0. The Morgan fingerprint density at radius 2 is 1.94 bits per heavy atom. The summed E-state index contributed by atoms with van der Waals surface area (Å²) < 4.78 is 5.67. The van der Waals surface area contributed by atoms with E-state index < -0.39 is 0 Å². The maximum absolute atomic E-state index is 5.87. The molecule has 1 aromatic carbocycles. The lowest BCUT2D eigenvalue weighted by Gasteiger charge is -2.32. The number of ether oxygens (including phenoxy) is 1. The van der Waals surface area contributed by atoms with Crippen LogP contribution in [0, 0.1) is 0 Å². The van der Waals surface area contributed by atoms with E-state index in [1.54, 1.807) is 0 Å². The van der Waals surface area contributed by atoms with Gasteiger partial charge in [0.25, 0.3) is 0 Å². The van der Waals surface area contributed by atoms with E-state index in [-0.39, 0.29) is 0 Å². The number of hydrogen-bond acceptors (Lipinski definition) is 4. The van der Waals surface area contributed by atoms with Gasteiger partial charge in [0, 0.05) is 18.8 Å². The number of nitrogen functional groups attached to an aromatic ring is 1. The molecule has 1 fully saturated rings. The van der Waals surface area contributed by atoms with Gasteiger partial charge in [-0.15, -0.1) is 0 Å². The van der Waals surface area contributed by atoms with E-state index in [0.717, 1.165) is 43.4 Å². The highest BCUT2D eigenvalue weighted by molar-refractivity contribution is 5.66. The van der Waals surface area contributed by atoms with Crippen molar-refractivity contribution in [3.8, 4) is 5.75 Å². The van der Waals surface area contributed by atoms with Crippen LogP contribution >= 0.6 is 0 Å². The maximum atomic E-state index is 5.87. The van der Waals surface area contributed by atoms with Crippen LogP contribution in [0.3, 0.4) is 0 Å². The Kier molecular flexibility index (Phi) is 3.28. The van der Waals surface area contributed by atoms with E-state index in [9.17, 15) is 0 Å². The van der Waals surface area contributed by atoms with Crippen molar-refractivity contribution in [1.29, 1.82) is 0 Å². The monoisotopic (exact) mass is 247 g/mol. The molecule has 2 heterocycles. The van der Waals surface area contributed by atoms with Crippen molar-refractivity contribution in [2.45, 2.75) is 12.8 Å². The summed E-state index contributed by atoms with van der Waals surface area (Å²) in [5.41, 5.74) is 7.83. The Morgan fingerprint density at radius 3 is 2.78 bits per heavy atom. The fraction of sp³-hybridized carbons (Fsp3) is 0.571. The highest BCUT2D eigenvalue weighted by Gasteiger charge is 2.19. The summed E-state index contributed by atoms with van der Waals surface area (Å²) in [6.45, 7) is 6.47. The second kappa shape index (κ2) is 5.06. The molecule has 2 aliphatic heterocycles. The predicted octanol–water partition coefficient (Wildman–Crippen LogP) is 1.56. The van der Waals surface area contributed by atoms with Gasteiger partial charge in [0.2, 0.25) is 0 Å². The number of nitrogens with two attached hydrogens (primary N) is 1. The molecule has 4 heteroatoms. The van der Waals surface area contributed by atoms with E-state index in [0.29, 0.717) is 0 Å². The second-order valence-corrected chi connectivity index (χ2v) is 5.11. The van der Waals surface area contributed by atoms with Crippen molar-refractivity contribution < 1.29 is 4.74 Å². The van der Waals surface area contributed by atoms with Crippen LogP contribution in [0.4, 0.5) is 11.4 Å². The molecule has 0 amide bonds. The molecule has 2 aliphatic rings. The molecular formula is C14H21N3O. The van der Waals surface area contributed by atoms with Crippen LogP contribution in [0.15, 0.2) is 18.2 Å². The molecule has 3 rings (SSSR count). The van der Waals surface area contributed by atoms with Gasteiger partial charge in [-0.05, 0) is 44.1 Å². The Labute approximate surface area is 108 Å². The van der Waals surface area contributed by atoms with E-state index in [1.807, 2.05) is 18.2 Å². The van der Waals surface area contributed by atoms with Gasteiger partial charge in [0.15, 0.2) is 0 Å². The quantitative estimate of drug-likeness (QED) is 0.823. The minimum atomic E-state index is 0.775. The summed E-state index contributed by atoms with van der Waals surface area (Å²) in [6, 6.07) is 5.91. The van der Waals surface area contributed by atoms with Crippen molar-refractivity contribution in [1.82, 2.24) is 4.90 Å². The zero-order valence-electron chi connectivity index (χ0n) is 10.8. The van der Waals surface area contributed by atoms with Crippen molar-refractivity contribution >= 4 is 11.4 Å². The molecule has 2 N–H and O–H groups in total. The van der Waals surface area contributed by atoms with Crippen molar-refractivity contribution in [2.24, 2.45) is 0 Å². The third-order valence-corrected chi connectivity index (χ3v) is 3.83. The lowest BCUT2D eigenvalue weighted by Crippen LogP contribution is -2.38. The molecule has 0 saturated carbocycles. The lowest BCUT2D eigenvalue weighted by molar-refractivity contribution is 0.296. The number of hydrogen-bond donors (Lipinski definition) is 1. The van der Waals surface area contributed by atoms with Gasteiger partial charge in [0.05, 0.1) is 12.2 Å². The average Bonchev–Trinajstić information content (AvgIpc) is 2.89. The molecule has 0 spiro atoms. The first-order valence-electron chi connectivity index (χ1n) is 6.82. The predicted molar refractivity (Wildman–Crippen MR) is 74.2 cm³/mol. The van der Waals surface area contributed by atoms with Crippen molar-refractivity contribution in [3.63, 3.8) is 0 Å². The highest BCUT2D eigenvalue weighted by Crippen LogP contribution is 2.33. The SMILES string of the molecule is Nc1ccc2c(c1)N(CCN1CCCC1)CCO2. The molecule has 4 nitrogen and oxygen atoms in total. The van der Waals surface area contributed by atoms with Crippen LogP contribution in [-0.2, 0) is 0 Å². The summed E-state index contributed by atoms with van der Waals surface area (Å²) in [6.07, 6.45) is 2.71. The average molecular weight is 247 g/mol. The van der Waals surface area contributed by atoms with Crippen molar-refractivity contribution in [2.75, 3.05) is 50.0 Å². The molecule has 0 atom stereocenters. The third-order valence-electron chi connectivity index (χ3n) is 3.83. The topological polar surface area (TPSA) is 41.7 Å². The number of benzene rings is 1. The first-order valence-corrected chi connectivity index (χ1v) is 6.82. The van der Waals surface area contributed by atoms with Gasteiger partial charge in [-0.3, -0.25) is 0 Å². The van der Waals surface area contributed by atoms with Crippen LogP contribution in [0.25, 0.3) is 0 Å². The van der Waals surface area contributed by atoms with Gasteiger partial charge in [-0.25, -0.2) is 0 Å². The number of likely N-dealkylation sites (tertiary alicyclic amines) is 1. The summed E-state index contributed by atoms with van der Waals surface area (Å²) in [7, 11) is 0. The summed E-state index contributed by atoms with van der Waals surface area (Å²) in [5.74, 6) is 0.969. The van der Waals surface area contributed by atoms with Gasteiger partial charge in [-0.1, -0.05) is 0 Å². The molecule has 0 unspecified atom stereocenters. The maximum Gasteiger partial charge on any atom is 0.142 e. The standard InChI is InChI=1S/C14H21N3O/c15-12-3-4-14-13(11-12)17(9-10-18-14)8-7-16-5-1-2-6-16/h3-4,11H,1-2,5-10,15H2. The van der Waals surface area contributed by atoms with Crippen LogP contribution in [0.2, 0.25) is 0 Å². The van der Waals surface area contributed by atoms with Crippen LogP contribution in [-0.4, -0.2) is 44.2 Å². The highest BCUT2D eigenvalue weighted by atomic mass is 16.5. The zero-order valence-corrected chi connectivity index (χ0v) is 10.8. The minimum absolute atomic E-state index is 0.775. The van der Waals surface area contributed by atoms with Gasteiger partial charge >= 0.3 is 0 Å². The number of nitrogens with zero attached hydrogens (tertiary/aromatic N) is 2. The molecule has 1 aromatic rings. The van der Waals surface area contributed by atoms with Crippen LogP contribution in [0.5, 0.6) is 5.75 Å². The van der Waals surface area contributed by atoms with E-state index >= 15 is 0 Å². The lowest BCUT2D eigenvalue weighted by atomic mass is 10.2. The van der Waals surface area contributed by atoms with E-state index in [1.165, 1.54) is 25.9 Å². The molecule has 0 radical (unpaired) electrons. The molecule has 18 heavy (non-hydrogen) atoms. The van der Waals surface area contributed by atoms with Crippen molar-refractivity contribution in [3.05, 3.63) is 18.2 Å². The number of fused-ring (bicyclic) bond motifs is 1. The molecule has 0 bridgehead atoms. The van der Waals surface area contributed by atoms with E-state index in [2.05, 4.69) is 9.80 Å². The first-order chi connectivity index (χ1) is 8.83. The van der Waals surface area contributed by atoms with Gasteiger partial charge in [0.1, 0.15) is 12.4 Å².